The molecule has 1 amide bonds. The number of rotatable bonds is 5. The van der Waals surface area contributed by atoms with E-state index < -0.39 is 17.7 Å². The highest BCUT2D eigenvalue weighted by Crippen LogP contribution is 2.22. The summed E-state index contributed by atoms with van der Waals surface area (Å²) in [5, 5.41) is 3.78. The third-order valence-corrected chi connectivity index (χ3v) is 4.36. The van der Waals surface area contributed by atoms with Crippen LogP contribution in [-0.2, 0) is 11.3 Å². The zero-order chi connectivity index (χ0) is 18.7. The van der Waals surface area contributed by atoms with Crippen molar-refractivity contribution in [2.24, 2.45) is 0 Å². The number of nitrogens with zero attached hydrogens (tertiary/aromatic N) is 2. The molecule has 3 rings (SSSR count). The summed E-state index contributed by atoms with van der Waals surface area (Å²) in [6.45, 7) is 2.08. The smallest absolute Gasteiger partial charge is 0.241 e. The highest BCUT2D eigenvalue weighted by molar-refractivity contribution is 6.02. The minimum atomic E-state index is -0.892. The molecule has 26 heavy (non-hydrogen) atoms. The highest BCUT2D eigenvalue weighted by Gasteiger charge is 2.19. The van der Waals surface area contributed by atoms with E-state index in [-0.39, 0.29) is 5.91 Å². The second-order valence-electron chi connectivity index (χ2n) is 6.20. The van der Waals surface area contributed by atoms with E-state index in [9.17, 15) is 13.6 Å². The lowest BCUT2D eigenvalue weighted by Crippen LogP contribution is -2.39. The van der Waals surface area contributed by atoms with Gasteiger partial charge in [-0.25, -0.2) is 8.78 Å². The van der Waals surface area contributed by atoms with Crippen LogP contribution in [0.4, 0.5) is 14.5 Å². The largest absolute Gasteiger partial charge is 0.324 e. The van der Waals surface area contributed by atoms with Crippen molar-refractivity contribution in [1.82, 2.24) is 9.88 Å². The summed E-state index contributed by atoms with van der Waals surface area (Å²) in [6.07, 6.45) is 1.70. The number of carbonyl (C=O) groups excluding carboxylic acids is 1. The van der Waals surface area contributed by atoms with E-state index in [1.54, 1.807) is 25.1 Å². The summed E-state index contributed by atoms with van der Waals surface area (Å²) >= 11 is 0. The maximum absolute atomic E-state index is 13.3. The first kappa shape index (κ1) is 17.9. The van der Waals surface area contributed by atoms with Gasteiger partial charge in [-0.3, -0.25) is 14.7 Å². The quantitative estimate of drug-likeness (QED) is 0.753. The number of amides is 1. The molecule has 3 aromatic rings. The second-order valence-corrected chi connectivity index (χ2v) is 6.20. The number of carbonyl (C=O) groups is 1. The zero-order valence-corrected chi connectivity index (χ0v) is 14.5. The van der Waals surface area contributed by atoms with Gasteiger partial charge in [-0.05, 0) is 55.9 Å². The Balaban J connectivity index is 1.71. The van der Waals surface area contributed by atoms with Crippen molar-refractivity contribution in [2.75, 3.05) is 12.4 Å². The molecule has 0 fully saturated rings. The third kappa shape index (κ3) is 3.86. The predicted octanol–water partition coefficient (Wildman–Crippen LogP) is 3.97. The van der Waals surface area contributed by atoms with E-state index in [1.165, 1.54) is 6.07 Å². The number of pyridine rings is 1. The molecule has 1 aromatic heterocycles. The molecule has 0 aliphatic carbocycles. The van der Waals surface area contributed by atoms with Crippen LogP contribution in [0, 0.1) is 11.6 Å². The molecule has 134 valence electrons. The molecule has 1 heterocycles. The molecule has 1 atom stereocenters. The summed E-state index contributed by atoms with van der Waals surface area (Å²) in [5.41, 5.74) is 2.09. The molecule has 1 N–H and O–H groups in total. The fraction of sp³-hybridized carbons (Fsp3) is 0.200. The molecule has 0 spiro atoms. The van der Waals surface area contributed by atoms with Gasteiger partial charge in [-0.2, -0.15) is 0 Å². The van der Waals surface area contributed by atoms with Crippen molar-refractivity contribution < 1.29 is 13.6 Å². The number of nitrogens with one attached hydrogen (secondary N) is 1. The van der Waals surface area contributed by atoms with Crippen molar-refractivity contribution in [3.63, 3.8) is 0 Å². The summed E-state index contributed by atoms with van der Waals surface area (Å²) in [5.74, 6) is -1.96. The average molecular weight is 355 g/mol. The maximum atomic E-state index is 13.3. The Bertz CT molecular complexity index is 940. The first-order valence-electron chi connectivity index (χ1n) is 8.24. The summed E-state index contributed by atoms with van der Waals surface area (Å²) in [7, 11) is 1.76. The minimum Gasteiger partial charge on any atom is -0.324 e. The summed E-state index contributed by atoms with van der Waals surface area (Å²) in [4.78, 5) is 18.6. The van der Waals surface area contributed by atoms with Crippen LogP contribution in [0.3, 0.4) is 0 Å². The predicted molar refractivity (Wildman–Crippen MR) is 97.7 cm³/mol. The molecule has 0 saturated heterocycles. The van der Waals surface area contributed by atoms with Crippen molar-refractivity contribution in [3.05, 3.63) is 71.9 Å². The lowest BCUT2D eigenvalue weighted by Gasteiger charge is -2.24. The maximum Gasteiger partial charge on any atom is 0.241 e. The molecule has 0 bridgehead atoms. The van der Waals surface area contributed by atoms with Crippen LogP contribution >= 0.6 is 0 Å². The van der Waals surface area contributed by atoms with Gasteiger partial charge in [0.1, 0.15) is 0 Å². The van der Waals surface area contributed by atoms with Gasteiger partial charge in [0, 0.05) is 18.1 Å². The fourth-order valence-electron chi connectivity index (χ4n) is 2.71. The molecule has 0 radical (unpaired) electrons. The number of fused-ring (bicyclic) bond motifs is 1. The molecular weight excluding hydrogens is 336 g/mol. The van der Waals surface area contributed by atoms with Crippen LogP contribution in [-0.4, -0.2) is 28.9 Å². The van der Waals surface area contributed by atoms with Gasteiger partial charge in [0.05, 0.1) is 17.2 Å². The van der Waals surface area contributed by atoms with Gasteiger partial charge < -0.3 is 5.32 Å². The van der Waals surface area contributed by atoms with Crippen LogP contribution in [0.5, 0.6) is 0 Å². The normalized spacial score (nSPS) is 12.3. The molecule has 0 saturated carbocycles. The Kier molecular flexibility index (Phi) is 5.23. The Morgan fingerprint density at radius 1 is 1.15 bits per heavy atom. The zero-order valence-electron chi connectivity index (χ0n) is 14.5. The highest BCUT2D eigenvalue weighted by atomic mass is 19.2. The van der Waals surface area contributed by atoms with Crippen molar-refractivity contribution in [1.29, 1.82) is 0 Å². The second kappa shape index (κ2) is 7.58. The fourth-order valence-corrected chi connectivity index (χ4v) is 2.71. The molecular formula is C20H19F2N3O. The lowest BCUT2D eigenvalue weighted by molar-refractivity contribution is -0.120. The average Bonchev–Trinajstić information content (AvgIpc) is 2.64. The summed E-state index contributed by atoms with van der Waals surface area (Å²) < 4.78 is 26.4. The monoisotopic (exact) mass is 355 g/mol. The SMILES string of the molecule is CC(C(=O)Nc1cccc2ncccc12)N(C)Cc1ccc(F)c(F)c1. The Morgan fingerprint density at radius 2 is 1.96 bits per heavy atom. The Labute approximate surface area is 150 Å². The first-order chi connectivity index (χ1) is 12.5. The van der Waals surface area contributed by atoms with Crippen LogP contribution in [0.25, 0.3) is 10.9 Å². The number of benzene rings is 2. The van der Waals surface area contributed by atoms with Gasteiger partial charge in [-0.15, -0.1) is 0 Å². The number of halogens is 2. The molecule has 0 aliphatic heterocycles. The van der Waals surface area contributed by atoms with Gasteiger partial charge in [-0.1, -0.05) is 12.1 Å². The summed E-state index contributed by atoms with van der Waals surface area (Å²) in [6, 6.07) is 12.5. The van der Waals surface area contributed by atoms with Gasteiger partial charge in [0.25, 0.3) is 0 Å². The number of hydrogen-bond acceptors (Lipinski definition) is 3. The molecule has 2 aromatic carbocycles. The van der Waals surface area contributed by atoms with Crippen molar-refractivity contribution >= 4 is 22.5 Å². The van der Waals surface area contributed by atoms with E-state index in [0.717, 1.165) is 23.0 Å². The van der Waals surface area contributed by atoms with E-state index in [2.05, 4.69) is 10.3 Å². The molecule has 6 heteroatoms. The van der Waals surface area contributed by atoms with E-state index in [0.29, 0.717) is 17.8 Å². The molecule has 1 unspecified atom stereocenters. The van der Waals surface area contributed by atoms with Crippen LogP contribution in [0.1, 0.15) is 12.5 Å². The van der Waals surface area contributed by atoms with E-state index in [4.69, 9.17) is 0 Å². The topological polar surface area (TPSA) is 45.2 Å². The van der Waals surface area contributed by atoms with E-state index in [1.807, 2.05) is 30.3 Å². The van der Waals surface area contributed by atoms with Crippen LogP contribution < -0.4 is 5.32 Å². The Hall–Kier alpha value is -2.86. The number of hydrogen-bond donors (Lipinski definition) is 1. The standard InChI is InChI=1S/C20H19F2N3O/c1-13(25(2)12-14-8-9-16(21)17(22)11-14)20(26)24-19-7-3-6-18-15(19)5-4-10-23-18/h3-11,13H,12H2,1-2H3,(H,24,26). The van der Waals surface area contributed by atoms with Gasteiger partial charge in [0.15, 0.2) is 11.6 Å². The lowest BCUT2D eigenvalue weighted by atomic mass is 10.1. The Morgan fingerprint density at radius 3 is 2.73 bits per heavy atom. The number of aromatic nitrogens is 1. The third-order valence-electron chi connectivity index (χ3n) is 4.36. The number of likely N-dealkylation sites (N-methyl/N-ethyl adjacent to an activating group) is 1. The molecule has 4 nitrogen and oxygen atoms in total. The molecule has 0 aliphatic rings. The van der Waals surface area contributed by atoms with Crippen LogP contribution in [0.15, 0.2) is 54.7 Å². The van der Waals surface area contributed by atoms with Crippen LogP contribution in [0.2, 0.25) is 0 Å². The number of anilines is 1. The van der Waals surface area contributed by atoms with Gasteiger partial charge >= 0.3 is 0 Å². The van der Waals surface area contributed by atoms with Crippen molar-refractivity contribution in [2.45, 2.75) is 19.5 Å². The van der Waals surface area contributed by atoms with E-state index >= 15 is 0 Å². The first-order valence-corrected chi connectivity index (χ1v) is 8.24. The van der Waals surface area contributed by atoms with Crippen molar-refractivity contribution in [3.8, 4) is 0 Å². The minimum absolute atomic E-state index is 0.188. The van der Waals surface area contributed by atoms with Gasteiger partial charge in [0.2, 0.25) is 5.91 Å².